The van der Waals surface area contributed by atoms with Crippen molar-refractivity contribution in [2.24, 2.45) is 11.5 Å². The van der Waals surface area contributed by atoms with Crippen molar-refractivity contribution < 1.29 is 9.59 Å². The molecule has 6 nitrogen and oxygen atoms in total. The van der Waals surface area contributed by atoms with Crippen LogP contribution in [-0.2, 0) is 16.1 Å². The van der Waals surface area contributed by atoms with E-state index in [1.807, 2.05) is 6.07 Å². The van der Waals surface area contributed by atoms with Gasteiger partial charge in [0.2, 0.25) is 11.8 Å². The number of nitrogens with zero attached hydrogens (tertiary/aromatic N) is 1. The van der Waals surface area contributed by atoms with Crippen molar-refractivity contribution in [3.05, 3.63) is 35.4 Å². The summed E-state index contributed by atoms with van der Waals surface area (Å²) in [6, 6.07) is 8.13. The molecular formula is C12H14N4O2. The molecular weight excluding hydrogens is 232 g/mol. The van der Waals surface area contributed by atoms with E-state index in [2.05, 4.69) is 5.32 Å². The van der Waals surface area contributed by atoms with Crippen molar-refractivity contribution in [3.8, 4) is 6.07 Å². The van der Waals surface area contributed by atoms with Gasteiger partial charge in [0.1, 0.15) is 0 Å². The van der Waals surface area contributed by atoms with Crippen LogP contribution in [0.5, 0.6) is 0 Å². The molecule has 1 atom stereocenters. The maximum absolute atomic E-state index is 11.1. The first-order chi connectivity index (χ1) is 8.52. The smallest absolute Gasteiger partial charge is 0.235 e. The molecule has 1 aromatic carbocycles. The average Bonchev–Trinajstić information content (AvgIpc) is 2.34. The average molecular weight is 246 g/mol. The molecule has 94 valence electrons. The Morgan fingerprint density at radius 2 is 2.11 bits per heavy atom. The second-order valence-corrected chi connectivity index (χ2v) is 3.82. The maximum Gasteiger partial charge on any atom is 0.235 e. The number of nitriles is 1. The fraction of sp³-hybridized carbons (Fsp3) is 0.250. The second kappa shape index (κ2) is 6.37. The fourth-order valence-corrected chi connectivity index (χ4v) is 1.47. The first-order valence-corrected chi connectivity index (χ1v) is 5.33. The number of carbonyl (C=O) groups excluding carboxylic acids is 2. The summed E-state index contributed by atoms with van der Waals surface area (Å²) in [5.41, 5.74) is 11.5. The Bertz CT molecular complexity index is 493. The van der Waals surface area contributed by atoms with Gasteiger partial charge in [-0.3, -0.25) is 9.59 Å². The van der Waals surface area contributed by atoms with Crippen molar-refractivity contribution >= 4 is 11.8 Å². The third-order valence-corrected chi connectivity index (χ3v) is 2.36. The third kappa shape index (κ3) is 4.23. The van der Waals surface area contributed by atoms with Crippen molar-refractivity contribution in [3.63, 3.8) is 0 Å². The third-order valence-electron chi connectivity index (χ3n) is 2.36. The van der Waals surface area contributed by atoms with Gasteiger partial charge in [-0.1, -0.05) is 12.1 Å². The first kappa shape index (κ1) is 13.7. The number of nitrogens with one attached hydrogen (secondary N) is 1. The number of amides is 2. The molecule has 0 fully saturated rings. The van der Waals surface area contributed by atoms with E-state index < -0.39 is 17.9 Å². The molecule has 0 radical (unpaired) electrons. The predicted octanol–water partition coefficient (Wildman–Crippen LogP) is -0.623. The van der Waals surface area contributed by atoms with Crippen LogP contribution < -0.4 is 16.8 Å². The number of hydrogen-bond donors (Lipinski definition) is 3. The van der Waals surface area contributed by atoms with Crippen LogP contribution >= 0.6 is 0 Å². The number of hydrogen-bond acceptors (Lipinski definition) is 4. The highest BCUT2D eigenvalue weighted by Crippen LogP contribution is 2.04. The molecule has 0 aliphatic rings. The van der Waals surface area contributed by atoms with Crippen LogP contribution in [0, 0.1) is 11.3 Å². The Balaban J connectivity index is 2.64. The molecule has 0 bridgehead atoms. The summed E-state index contributed by atoms with van der Waals surface area (Å²) in [7, 11) is 0. The van der Waals surface area contributed by atoms with Gasteiger partial charge in [0.25, 0.3) is 0 Å². The standard InChI is InChI=1S/C12H14N4O2/c13-6-8-2-1-3-9(4-8)7-16-10(12(15)18)5-11(14)17/h1-4,10,16H,5,7H2,(H2,14,17)(H2,15,18). The minimum absolute atomic E-state index is 0.146. The quantitative estimate of drug-likeness (QED) is 0.618. The summed E-state index contributed by atoms with van der Waals surface area (Å²) in [5.74, 6) is -1.23. The highest BCUT2D eigenvalue weighted by atomic mass is 16.2. The van der Waals surface area contributed by atoms with Crippen LogP contribution in [0.2, 0.25) is 0 Å². The van der Waals surface area contributed by atoms with E-state index in [9.17, 15) is 9.59 Å². The fourth-order valence-electron chi connectivity index (χ4n) is 1.47. The van der Waals surface area contributed by atoms with Crippen LogP contribution in [0.4, 0.5) is 0 Å². The lowest BCUT2D eigenvalue weighted by molar-refractivity contribution is -0.125. The Kier molecular flexibility index (Phi) is 4.84. The van der Waals surface area contributed by atoms with E-state index in [0.29, 0.717) is 12.1 Å². The molecule has 2 amide bonds. The zero-order valence-corrected chi connectivity index (χ0v) is 9.72. The van der Waals surface area contributed by atoms with Gasteiger partial charge in [0.05, 0.1) is 24.1 Å². The Morgan fingerprint density at radius 1 is 1.39 bits per heavy atom. The van der Waals surface area contributed by atoms with Crippen molar-refractivity contribution in [2.75, 3.05) is 0 Å². The molecule has 1 unspecified atom stereocenters. The summed E-state index contributed by atoms with van der Waals surface area (Å²) in [6.07, 6.45) is -0.146. The topological polar surface area (TPSA) is 122 Å². The molecule has 0 saturated heterocycles. The summed E-state index contributed by atoms with van der Waals surface area (Å²) in [4.78, 5) is 21.8. The molecule has 5 N–H and O–H groups in total. The van der Waals surface area contributed by atoms with Gasteiger partial charge < -0.3 is 16.8 Å². The molecule has 0 saturated carbocycles. The van der Waals surface area contributed by atoms with Gasteiger partial charge in [-0.25, -0.2) is 0 Å². The number of primary amides is 2. The highest BCUT2D eigenvalue weighted by molar-refractivity contribution is 5.86. The van der Waals surface area contributed by atoms with Crippen LogP contribution in [0.1, 0.15) is 17.5 Å². The summed E-state index contributed by atoms with van der Waals surface area (Å²) >= 11 is 0. The lowest BCUT2D eigenvalue weighted by atomic mass is 10.1. The van der Waals surface area contributed by atoms with Crippen molar-refractivity contribution in [1.29, 1.82) is 5.26 Å². The second-order valence-electron chi connectivity index (χ2n) is 3.82. The molecule has 18 heavy (non-hydrogen) atoms. The molecule has 0 aromatic heterocycles. The van der Waals surface area contributed by atoms with E-state index in [1.54, 1.807) is 24.3 Å². The largest absolute Gasteiger partial charge is 0.370 e. The maximum atomic E-state index is 11.1. The minimum atomic E-state index is -0.798. The van der Waals surface area contributed by atoms with Crippen LogP contribution in [-0.4, -0.2) is 17.9 Å². The minimum Gasteiger partial charge on any atom is -0.370 e. The van der Waals surface area contributed by atoms with Gasteiger partial charge in [-0.15, -0.1) is 0 Å². The first-order valence-electron chi connectivity index (χ1n) is 5.33. The van der Waals surface area contributed by atoms with Crippen LogP contribution in [0.25, 0.3) is 0 Å². The summed E-state index contributed by atoms with van der Waals surface area (Å²) in [6.45, 7) is 0.330. The predicted molar refractivity (Wildman–Crippen MR) is 64.8 cm³/mol. The zero-order valence-electron chi connectivity index (χ0n) is 9.72. The monoisotopic (exact) mass is 246 g/mol. The molecule has 0 aliphatic heterocycles. The molecule has 0 aliphatic carbocycles. The van der Waals surface area contributed by atoms with Crippen molar-refractivity contribution in [1.82, 2.24) is 5.32 Å². The highest BCUT2D eigenvalue weighted by Gasteiger charge is 2.17. The van der Waals surface area contributed by atoms with Gasteiger partial charge in [-0.2, -0.15) is 5.26 Å². The SMILES string of the molecule is N#Cc1cccc(CNC(CC(N)=O)C(N)=O)c1. The zero-order chi connectivity index (χ0) is 13.5. The molecule has 1 aromatic rings. The Hall–Kier alpha value is -2.39. The van der Waals surface area contributed by atoms with E-state index in [-0.39, 0.29) is 6.42 Å². The van der Waals surface area contributed by atoms with Crippen LogP contribution in [0.15, 0.2) is 24.3 Å². The number of rotatable bonds is 6. The summed E-state index contributed by atoms with van der Waals surface area (Å²) in [5, 5.41) is 11.6. The Labute approximate surface area is 105 Å². The number of nitrogens with two attached hydrogens (primary N) is 2. The van der Waals surface area contributed by atoms with E-state index in [4.69, 9.17) is 16.7 Å². The van der Waals surface area contributed by atoms with Gasteiger partial charge in [-0.05, 0) is 17.7 Å². The number of benzene rings is 1. The number of carbonyl (C=O) groups is 2. The molecule has 6 heteroatoms. The van der Waals surface area contributed by atoms with Crippen molar-refractivity contribution in [2.45, 2.75) is 19.0 Å². The normalized spacial score (nSPS) is 11.5. The van der Waals surface area contributed by atoms with E-state index in [1.165, 1.54) is 0 Å². The lowest BCUT2D eigenvalue weighted by Gasteiger charge is -2.13. The molecule has 0 heterocycles. The van der Waals surface area contributed by atoms with Gasteiger partial charge >= 0.3 is 0 Å². The van der Waals surface area contributed by atoms with E-state index >= 15 is 0 Å². The lowest BCUT2D eigenvalue weighted by Crippen LogP contribution is -2.43. The Morgan fingerprint density at radius 3 is 2.67 bits per heavy atom. The molecule has 1 rings (SSSR count). The van der Waals surface area contributed by atoms with Gasteiger partial charge in [0, 0.05) is 6.54 Å². The van der Waals surface area contributed by atoms with Crippen LogP contribution in [0.3, 0.4) is 0 Å². The molecule has 0 spiro atoms. The summed E-state index contributed by atoms with van der Waals surface area (Å²) < 4.78 is 0. The van der Waals surface area contributed by atoms with E-state index in [0.717, 1.165) is 5.56 Å². The van der Waals surface area contributed by atoms with Gasteiger partial charge in [0.15, 0.2) is 0 Å².